The monoisotopic (exact) mass is 201 g/mol. The Morgan fingerprint density at radius 3 is 2.71 bits per heavy atom. The van der Waals surface area contributed by atoms with Crippen LogP contribution in [0.3, 0.4) is 0 Å². The van der Waals surface area contributed by atoms with Crippen LogP contribution in [-0.4, -0.2) is 19.6 Å². The summed E-state index contributed by atoms with van der Waals surface area (Å²) in [6.07, 6.45) is 0. The lowest BCUT2D eigenvalue weighted by molar-refractivity contribution is -0.138. The van der Waals surface area contributed by atoms with E-state index in [9.17, 15) is 13.6 Å². The molecule has 1 aromatic carbocycles. The van der Waals surface area contributed by atoms with Gasteiger partial charge in [-0.3, -0.25) is 4.79 Å². The smallest absolute Gasteiger partial charge is 0.325 e. The van der Waals surface area contributed by atoms with Crippen LogP contribution in [0.5, 0.6) is 0 Å². The van der Waals surface area contributed by atoms with Crippen molar-refractivity contribution >= 4 is 11.7 Å². The van der Waals surface area contributed by atoms with Crippen molar-refractivity contribution in [2.75, 3.05) is 19.0 Å². The Hall–Kier alpha value is -1.65. The summed E-state index contributed by atoms with van der Waals surface area (Å²) in [7, 11) is 1.25. The Morgan fingerprint density at radius 1 is 1.43 bits per heavy atom. The summed E-state index contributed by atoms with van der Waals surface area (Å²) in [6.45, 7) is -0.0818. The van der Waals surface area contributed by atoms with Gasteiger partial charge in [0.25, 0.3) is 0 Å². The molecule has 1 N–H and O–H groups in total. The fourth-order valence-corrected chi connectivity index (χ4v) is 0.852. The van der Waals surface area contributed by atoms with Crippen molar-refractivity contribution in [3.05, 3.63) is 29.8 Å². The fraction of sp³-hybridized carbons (Fsp3) is 0.222. The summed E-state index contributed by atoms with van der Waals surface area (Å²) in [6, 6.07) is 3.29. The first-order valence-corrected chi connectivity index (χ1v) is 3.89. The van der Waals surface area contributed by atoms with Crippen molar-refractivity contribution < 1.29 is 18.3 Å². The zero-order valence-corrected chi connectivity index (χ0v) is 7.51. The van der Waals surface area contributed by atoms with Gasteiger partial charge in [-0.25, -0.2) is 8.78 Å². The number of carbonyl (C=O) groups is 1. The average molecular weight is 201 g/mol. The van der Waals surface area contributed by atoms with Gasteiger partial charge in [0.2, 0.25) is 0 Å². The van der Waals surface area contributed by atoms with Gasteiger partial charge in [0.15, 0.2) is 11.6 Å². The van der Waals surface area contributed by atoms with Gasteiger partial charge in [-0.2, -0.15) is 0 Å². The molecule has 14 heavy (non-hydrogen) atoms. The maximum Gasteiger partial charge on any atom is 0.325 e. The van der Waals surface area contributed by atoms with E-state index in [-0.39, 0.29) is 6.54 Å². The quantitative estimate of drug-likeness (QED) is 0.754. The number of halogens is 2. The van der Waals surface area contributed by atoms with Gasteiger partial charge in [-0.15, -0.1) is 0 Å². The van der Waals surface area contributed by atoms with E-state index in [1.165, 1.54) is 13.2 Å². The Labute approximate surface area is 79.7 Å². The molecule has 0 aliphatic carbocycles. The van der Waals surface area contributed by atoms with Crippen LogP contribution in [0.15, 0.2) is 18.2 Å². The molecule has 0 saturated carbocycles. The summed E-state index contributed by atoms with van der Waals surface area (Å²) in [5.41, 5.74) is 0.328. The van der Waals surface area contributed by atoms with Crippen molar-refractivity contribution in [1.82, 2.24) is 0 Å². The molecule has 0 amide bonds. The Kier molecular flexibility index (Phi) is 3.39. The summed E-state index contributed by atoms with van der Waals surface area (Å²) >= 11 is 0. The van der Waals surface area contributed by atoms with Crippen molar-refractivity contribution in [2.45, 2.75) is 0 Å². The molecule has 0 aliphatic rings. The molecule has 1 aromatic rings. The first-order valence-electron chi connectivity index (χ1n) is 3.89. The number of benzene rings is 1. The molecule has 0 heterocycles. The van der Waals surface area contributed by atoms with Crippen LogP contribution < -0.4 is 5.32 Å². The number of ether oxygens (including phenoxy) is 1. The minimum atomic E-state index is -0.958. The van der Waals surface area contributed by atoms with Crippen LogP contribution in [0.2, 0.25) is 0 Å². The third-order valence-corrected chi connectivity index (χ3v) is 1.58. The molecule has 0 bridgehead atoms. The summed E-state index contributed by atoms with van der Waals surface area (Å²) in [5.74, 6) is -2.36. The molecule has 1 rings (SSSR count). The Bertz CT molecular complexity index is 342. The number of carbonyl (C=O) groups excluding carboxylic acids is 1. The van der Waals surface area contributed by atoms with Crippen LogP contribution >= 0.6 is 0 Å². The lowest BCUT2D eigenvalue weighted by Gasteiger charge is -2.04. The highest BCUT2D eigenvalue weighted by Gasteiger charge is 2.03. The number of hydrogen-bond donors (Lipinski definition) is 1. The molecular formula is C9H9F2NO2. The molecule has 3 nitrogen and oxygen atoms in total. The average Bonchev–Trinajstić information content (AvgIpc) is 2.19. The van der Waals surface area contributed by atoms with E-state index in [4.69, 9.17) is 0 Å². The molecule has 0 radical (unpaired) electrons. The van der Waals surface area contributed by atoms with Gasteiger partial charge < -0.3 is 10.1 Å². The number of hydrogen-bond acceptors (Lipinski definition) is 3. The highest BCUT2D eigenvalue weighted by molar-refractivity contribution is 5.74. The highest BCUT2D eigenvalue weighted by Crippen LogP contribution is 2.12. The van der Waals surface area contributed by atoms with Gasteiger partial charge >= 0.3 is 5.97 Å². The molecule has 0 unspecified atom stereocenters. The van der Waals surface area contributed by atoms with Crippen molar-refractivity contribution in [1.29, 1.82) is 0 Å². The van der Waals surface area contributed by atoms with Crippen molar-refractivity contribution in [3.8, 4) is 0 Å². The topological polar surface area (TPSA) is 38.3 Å². The Morgan fingerprint density at radius 2 is 2.14 bits per heavy atom. The van der Waals surface area contributed by atoms with Crippen LogP contribution in [0.1, 0.15) is 0 Å². The first-order chi connectivity index (χ1) is 6.63. The number of esters is 1. The largest absolute Gasteiger partial charge is 0.468 e. The number of methoxy groups -OCH3 is 1. The SMILES string of the molecule is COC(=O)CNc1ccc(F)c(F)c1. The van der Waals surface area contributed by atoms with Crippen LogP contribution in [-0.2, 0) is 9.53 Å². The molecule has 0 fully saturated rings. The van der Waals surface area contributed by atoms with Gasteiger partial charge in [0.05, 0.1) is 7.11 Å². The fourth-order valence-electron chi connectivity index (χ4n) is 0.852. The zero-order valence-electron chi connectivity index (χ0n) is 7.51. The second kappa shape index (κ2) is 4.55. The van der Waals surface area contributed by atoms with E-state index in [1.807, 2.05) is 0 Å². The molecule has 0 saturated heterocycles. The molecule has 0 spiro atoms. The second-order valence-corrected chi connectivity index (χ2v) is 2.56. The molecule has 5 heteroatoms. The summed E-state index contributed by atoms with van der Waals surface area (Å²) < 4.78 is 29.5. The minimum absolute atomic E-state index is 0.0818. The van der Waals surface area contributed by atoms with Crippen molar-refractivity contribution in [2.24, 2.45) is 0 Å². The third-order valence-electron chi connectivity index (χ3n) is 1.58. The third kappa shape index (κ3) is 2.69. The minimum Gasteiger partial charge on any atom is -0.468 e. The number of nitrogens with one attached hydrogen (secondary N) is 1. The normalized spacial score (nSPS) is 9.64. The lowest BCUT2D eigenvalue weighted by atomic mass is 10.3. The summed E-state index contributed by atoms with van der Waals surface area (Å²) in [5, 5.41) is 2.58. The molecule has 0 aromatic heterocycles. The molecule has 0 aliphatic heterocycles. The lowest BCUT2D eigenvalue weighted by Crippen LogP contribution is -2.15. The predicted octanol–water partition coefficient (Wildman–Crippen LogP) is 1.55. The van der Waals surface area contributed by atoms with E-state index in [2.05, 4.69) is 10.1 Å². The van der Waals surface area contributed by atoms with E-state index in [0.717, 1.165) is 12.1 Å². The van der Waals surface area contributed by atoms with E-state index < -0.39 is 17.6 Å². The maximum atomic E-state index is 12.7. The van der Waals surface area contributed by atoms with E-state index in [1.54, 1.807) is 0 Å². The number of rotatable bonds is 3. The number of anilines is 1. The van der Waals surface area contributed by atoms with Crippen LogP contribution in [0.4, 0.5) is 14.5 Å². The first kappa shape index (κ1) is 10.4. The van der Waals surface area contributed by atoms with E-state index >= 15 is 0 Å². The van der Waals surface area contributed by atoms with Gasteiger partial charge in [0.1, 0.15) is 6.54 Å². The van der Waals surface area contributed by atoms with Crippen LogP contribution in [0, 0.1) is 11.6 Å². The van der Waals surface area contributed by atoms with Crippen molar-refractivity contribution in [3.63, 3.8) is 0 Å². The second-order valence-electron chi connectivity index (χ2n) is 2.56. The Balaban J connectivity index is 2.60. The predicted molar refractivity (Wildman–Crippen MR) is 46.9 cm³/mol. The molecule has 0 atom stereocenters. The standard InChI is InChI=1S/C9H9F2NO2/c1-14-9(13)5-12-6-2-3-7(10)8(11)4-6/h2-4,12H,5H2,1H3. The molecule has 76 valence electrons. The maximum absolute atomic E-state index is 12.7. The van der Waals surface area contributed by atoms with Crippen LogP contribution in [0.25, 0.3) is 0 Å². The van der Waals surface area contributed by atoms with Gasteiger partial charge in [-0.05, 0) is 12.1 Å². The highest BCUT2D eigenvalue weighted by atomic mass is 19.2. The summed E-state index contributed by atoms with van der Waals surface area (Å²) in [4.78, 5) is 10.7. The molecular weight excluding hydrogens is 192 g/mol. The van der Waals surface area contributed by atoms with Gasteiger partial charge in [-0.1, -0.05) is 0 Å². The zero-order chi connectivity index (χ0) is 10.6. The van der Waals surface area contributed by atoms with Gasteiger partial charge in [0, 0.05) is 11.8 Å². The van der Waals surface area contributed by atoms with E-state index in [0.29, 0.717) is 5.69 Å².